The number of carbonyl (C=O) groups excluding carboxylic acids is 2. The zero-order valence-corrected chi connectivity index (χ0v) is 25.2. The van der Waals surface area contributed by atoms with Crippen LogP contribution in [0, 0.1) is 5.82 Å². The number of aromatic nitrogens is 2. The number of ether oxygens (including phenoxy) is 2. The average molecular weight is 612 g/mol. The molecule has 0 radical (unpaired) electrons. The second-order valence-corrected chi connectivity index (χ2v) is 11.5. The van der Waals surface area contributed by atoms with Gasteiger partial charge in [0.2, 0.25) is 5.91 Å². The van der Waals surface area contributed by atoms with Crippen LogP contribution >= 0.6 is 0 Å². The van der Waals surface area contributed by atoms with Crippen LogP contribution in [0.2, 0.25) is 0 Å². The number of rotatable bonds is 11. The first kappa shape index (κ1) is 32.6. The number of carbonyl (C=O) groups is 3. The molecule has 44 heavy (non-hydrogen) atoms. The van der Waals surface area contributed by atoms with Gasteiger partial charge in [-0.05, 0) is 44.5 Å². The smallest absolute Gasteiger partial charge is 0.407 e. The van der Waals surface area contributed by atoms with Crippen LogP contribution in [0.25, 0.3) is 10.8 Å². The van der Waals surface area contributed by atoms with Crippen molar-refractivity contribution in [3.8, 4) is 0 Å². The molecule has 2 N–H and O–H groups in total. The predicted octanol–water partition coefficient (Wildman–Crippen LogP) is 2.75. The summed E-state index contributed by atoms with van der Waals surface area (Å²) >= 11 is 0. The molecule has 13 heteroatoms. The van der Waals surface area contributed by atoms with Gasteiger partial charge in [0.05, 0.1) is 36.5 Å². The number of piperazine rings is 1. The lowest BCUT2D eigenvalue weighted by Crippen LogP contribution is -2.51. The molecule has 1 aliphatic heterocycles. The van der Waals surface area contributed by atoms with E-state index in [1.54, 1.807) is 49.9 Å². The summed E-state index contributed by atoms with van der Waals surface area (Å²) < 4.78 is 25.6. The molecule has 2 aromatic carbocycles. The van der Waals surface area contributed by atoms with Gasteiger partial charge >= 0.3 is 6.09 Å². The van der Waals surface area contributed by atoms with Crippen LogP contribution in [0.3, 0.4) is 0 Å². The van der Waals surface area contributed by atoms with Gasteiger partial charge in [0, 0.05) is 50.1 Å². The highest BCUT2D eigenvalue weighted by molar-refractivity contribution is 5.95. The maximum absolute atomic E-state index is 14.8. The van der Waals surface area contributed by atoms with Gasteiger partial charge in [-0.25, -0.2) is 14.3 Å². The third-order valence-corrected chi connectivity index (χ3v) is 7.42. The summed E-state index contributed by atoms with van der Waals surface area (Å²) in [5, 5.41) is 17.2. The van der Waals surface area contributed by atoms with Crippen molar-refractivity contribution in [2.24, 2.45) is 0 Å². The van der Waals surface area contributed by atoms with Crippen molar-refractivity contribution in [3.05, 3.63) is 75.5 Å². The van der Waals surface area contributed by atoms with E-state index in [4.69, 9.17) is 9.47 Å². The monoisotopic (exact) mass is 611 g/mol. The van der Waals surface area contributed by atoms with E-state index >= 15 is 0 Å². The van der Waals surface area contributed by atoms with Crippen molar-refractivity contribution in [2.75, 3.05) is 59.2 Å². The Morgan fingerprint density at radius 2 is 1.64 bits per heavy atom. The first-order valence-corrected chi connectivity index (χ1v) is 14.4. The Balaban J connectivity index is 1.23. The highest BCUT2D eigenvalue weighted by Crippen LogP contribution is 2.20. The summed E-state index contributed by atoms with van der Waals surface area (Å²) in [5.41, 5.74) is 0.382. The van der Waals surface area contributed by atoms with E-state index in [-0.39, 0.29) is 76.2 Å². The molecular weight excluding hydrogens is 573 g/mol. The summed E-state index contributed by atoms with van der Waals surface area (Å²) in [6.45, 7) is 7.16. The molecule has 1 aromatic heterocycles. The molecule has 1 saturated heterocycles. The van der Waals surface area contributed by atoms with E-state index in [0.717, 1.165) is 0 Å². The van der Waals surface area contributed by atoms with Crippen molar-refractivity contribution < 1.29 is 33.4 Å². The van der Waals surface area contributed by atoms with Crippen molar-refractivity contribution in [1.82, 2.24) is 24.9 Å². The zero-order chi connectivity index (χ0) is 31.9. The molecule has 0 bridgehead atoms. The van der Waals surface area contributed by atoms with Gasteiger partial charge in [-0.2, -0.15) is 5.10 Å². The predicted molar refractivity (Wildman–Crippen MR) is 160 cm³/mol. The summed E-state index contributed by atoms with van der Waals surface area (Å²) in [5.74, 6) is -1.33. The topological polar surface area (TPSA) is 145 Å². The van der Waals surface area contributed by atoms with Crippen LogP contribution in [0.15, 0.2) is 47.3 Å². The van der Waals surface area contributed by atoms with Crippen molar-refractivity contribution >= 4 is 28.7 Å². The SMILES string of the molecule is CC(C)(C)N(CCOCCOCC(=O)N1CCN(C(=O)c2cc(Cc3n[nH]c(=O)c4ccccc34)ccc2F)CC1)C(=O)O. The average Bonchev–Trinajstić information content (AvgIpc) is 2.99. The minimum Gasteiger partial charge on any atom is -0.465 e. The van der Waals surface area contributed by atoms with Crippen LogP contribution in [0.1, 0.15) is 42.4 Å². The Hall–Kier alpha value is -4.36. The highest BCUT2D eigenvalue weighted by Gasteiger charge is 2.27. The first-order valence-electron chi connectivity index (χ1n) is 14.4. The largest absolute Gasteiger partial charge is 0.465 e. The summed E-state index contributed by atoms with van der Waals surface area (Å²) in [7, 11) is 0. The summed E-state index contributed by atoms with van der Waals surface area (Å²) in [4.78, 5) is 53.7. The lowest BCUT2D eigenvalue weighted by atomic mass is 10.0. The fourth-order valence-corrected chi connectivity index (χ4v) is 5.02. The van der Waals surface area contributed by atoms with E-state index in [2.05, 4.69) is 10.2 Å². The maximum Gasteiger partial charge on any atom is 0.407 e. The number of nitrogens with zero attached hydrogens (tertiary/aromatic N) is 4. The molecule has 12 nitrogen and oxygen atoms in total. The van der Waals surface area contributed by atoms with E-state index in [1.807, 2.05) is 6.07 Å². The second-order valence-electron chi connectivity index (χ2n) is 11.5. The summed E-state index contributed by atoms with van der Waals surface area (Å²) in [6.07, 6.45) is -0.722. The number of amides is 3. The van der Waals surface area contributed by atoms with Crippen molar-refractivity contribution in [3.63, 3.8) is 0 Å². The number of carboxylic acid groups (broad SMARTS) is 1. The van der Waals surface area contributed by atoms with Crippen LogP contribution < -0.4 is 5.56 Å². The highest BCUT2D eigenvalue weighted by atomic mass is 19.1. The Bertz CT molecular complexity index is 1550. The minimum absolute atomic E-state index is 0.0617. The number of fused-ring (bicyclic) bond motifs is 1. The Morgan fingerprint density at radius 3 is 2.32 bits per heavy atom. The van der Waals surface area contributed by atoms with E-state index in [9.17, 15) is 28.7 Å². The third kappa shape index (κ3) is 8.17. The quantitative estimate of drug-likeness (QED) is 0.315. The molecular formula is C31H38FN5O7. The molecule has 0 saturated carbocycles. The van der Waals surface area contributed by atoms with Crippen LogP contribution in [-0.2, 0) is 20.7 Å². The number of H-pyrrole nitrogens is 1. The van der Waals surface area contributed by atoms with Gasteiger partial charge in [0.1, 0.15) is 12.4 Å². The molecule has 3 aromatic rings. The van der Waals surface area contributed by atoms with E-state index in [0.29, 0.717) is 28.5 Å². The lowest BCUT2D eigenvalue weighted by molar-refractivity contribution is -0.138. The fourth-order valence-electron chi connectivity index (χ4n) is 5.02. The minimum atomic E-state index is -1.02. The molecule has 0 atom stereocenters. The molecule has 1 aliphatic rings. The summed E-state index contributed by atoms with van der Waals surface area (Å²) in [6, 6.07) is 11.4. The number of nitrogens with one attached hydrogen (secondary N) is 1. The van der Waals surface area contributed by atoms with Crippen molar-refractivity contribution in [2.45, 2.75) is 32.7 Å². The van der Waals surface area contributed by atoms with Gasteiger partial charge in [-0.15, -0.1) is 0 Å². The number of hydrogen-bond donors (Lipinski definition) is 2. The van der Waals surface area contributed by atoms with Gasteiger partial charge in [-0.1, -0.05) is 24.3 Å². The number of hydrogen-bond acceptors (Lipinski definition) is 7. The Morgan fingerprint density at radius 1 is 0.977 bits per heavy atom. The zero-order valence-electron chi connectivity index (χ0n) is 25.2. The molecule has 0 unspecified atom stereocenters. The normalized spacial score (nSPS) is 13.7. The second kappa shape index (κ2) is 14.4. The number of benzene rings is 2. The lowest BCUT2D eigenvalue weighted by Gasteiger charge is -2.35. The van der Waals surface area contributed by atoms with Gasteiger partial charge in [-0.3, -0.25) is 14.4 Å². The van der Waals surface area contributed by atoms with Crippen LogP contribution in [-0.4, -0.2) is 113 Å². The molecule has 3 amide bonds. The van der Waals surface area contributed by atoms with Gasteiger partial charge < -0.3 is 29.3 Å². The first-order chi connectivity index (χ1) is 21.0. The standard InChI is InChI=1S/C31H38FN5O7/c1-31(2,3)37(30(41)42)14-15-43-16-17-44-20-27(38)35-10-12-36(13-11-35)29(40)24-18-21(8-9-25(24)32)19-26-22-6-4-5-7-23(22)28(39)34-33-26/h4-9,18H,10-17,19-20H2,1-3H3,(H,34,39)(H,41,42). The molecule has 236 valence electrons. The van der Waals surface area contributed by atoms with E-state index < -0.39 is 23.4 Å². The fraction of sp³-hybridized carbons (Fsp3) is 0.452. The van der Waals surface area contributed by atoms with Gasteiger partial charge in [0.25, 0.3) is 11.5 Å². The van der Waals surface area contributed by atoms with Gasteiger partial charge in [0.15, 0.2) is 0 Å². The number of halogens is 1. The molecule has 1 fully saturated rings. The molecule has 4 rings (SSSR count). The molecule has 0 aliphatic carbocycles. The van der Waals surface area contributed by atoms with Crippen LogP contribution in [0.4, 0.5) is 9.18 Å². The third-order valence-electron chi connectivity index (χ3n) is 7.42. The molecule has 2 heterocycles. The van der Waals surface area contributed by atoms with Crippen LogP contribution in [0.5, 0.6) is 0 Å². The number of aromatic amines is 1. The van der Waals surface area contributed by atoms with E-state index in [1.165, 1.54) is 21.9 Å². The van der Waals surface area contributed by atoms with Crippen molar-refractivity contribution in [1.29, 1.82) is 0 Å². The maximum atomic E-state index is 14.8. The molecule has 0 spiro atoms. The Labute approximate surface area is 254 Å². The Kier molecular flexibility index (Phi) is 10.7.